The lowest BCUT2D eigenvalue weighted by atomic mass is 10.2. The maximum absolute atomic E-state index is 13.2. The molecule has 4 heteroatoms. The molecular weight excluding hydrogens is 163 g/mol. The first-order chi connectivity index (χ1) is 5.52. The van der Waals surface area contributed by atoms with Crippen LogP contribution in [0.25, 0.3) is 0 Å². The minimum Gasteiger partial charge on any atom is -0.429 e. The van der Waals surface area contributed by atoms with Crippen molar-refractivity contribution in [1.82, 2.24) is 0 Å². The molecule has 0 aliphatic carbocycles. The molecule has 72 valence electrons. The Hall–Kier alpha value is -0.640. The van der Waals surface area contributed by atoms with Gasteiger partial charge in [-0.15, -0.1) is 0 Å². The van der Waals surface area contributed by atoms with E-state index in [0.29, 0.717) is 0 Å². The minimum atomic E-state index is -1.90. The van der Waals surface area contributed by atoms with E-state index in [2.05, 4.69) is 9.47 Å². The van der Waals surface area contributed by atoms with Gasteiger partial charge < -0.3 is 9.47 Å². The number of carbonyl (C=O) groups is 1. The van der Waals surface area contributed by atoms with Crippen LogP contribution in [-0.4, -0.2) is 25.5 Å². The molecule has 0 spiro atoms. The Balaban J connectivity index is 3.77. The molecule has 0 aromatic carbocycles. The summed E-state index contributed by atoms with van der Waals surface area (Å²) in [6, 6.07) is 0. The third-order valence-corrected chi connectivity index (χ3v) is 1.37. The highest BCUT2D eigenvalue weighted by Gasteiger charge is 2.26. The van der Waals surface area contributed by atoms with E-state index in [1.165, 1.54) is 14.0 Å². The second-order valence-electron chi connectivity index (χ2n) is 2.67. The van der Waals surface area contributed by atoms with E-state index in [1.807, 2.05) is 0 Å². The summed E-state index contributed by atoms with van der Waals surface area (Å²) in [7, 11) is 1.47. The number of hydrogen-bond donors (Lipinski definition) is 0. The summed E-state index contributed by atoms with van der Waals surface area (Å²) in [5.74, 6) is -2.43. The lowest BCUT2D eigenvalue weighted by molar-refractivity contribution is -0.181. The quantitative estimate of drug-likeness (QED) is 0.600. The molecule has 0 radical (unpaired) electrons. The fraction of sp³-hybridized carbons (Fsp3) is 0.875. The van der Waals surface area contributed by atoms with Gasteiger partial charge in [0.2, 0.25) is 0 Å². The normalized spacial score (nSPS) is 15.3. The summed E-state index contributed by atoms with van der Waals surface area (Å²) in [5.41, 5.74) is 0. The summed E-state index contributed by atoms with van der Waals surface area (Å²) in [4.78, 5) is 10.7. The van der Waals surface area contributed by atoms with Crippen molar-refractivity contribution in [2.45, 2.75) is 32.5 Å². The summed E-state index contributed by atoms with van der Waals surface area (Å²) < 4.78 is 22.4. The van der Waals surface area contributed by atoms with Gasteiger partial charge in [0.05, 0.1) is 6.61 Å². The van der Waals surface area contributed by atoms with Crippen molar-refractivity contribution in [3.63, 3.8) is 0 Å². The molecule has 0 N–H and O–H groups in total. The molecule has 0 fully saturated rings. The zero-order valence-electron chi connectivity index (χ0n) is 7.72. The zero-order valence-corrected chi connectivity index (χ0v) is 7.72. The fourth-order valence-electron chi connectivity index (χ4n) is 0.645. The van der Waals surface area contributed by atoms with Gasteiger partial charge in [-0.2, -0.15) is 4.39 Å². The Kier molecular flexibility index (Phi) is 4.81. The first kappa shape index (κ1) is 11.4. The van der Waals surface area contributed by atoms with Crippen LogP contribution in [0.15, 0.2) is 0 Å². The molecular formula is C8H15FO3. The number of carbonyl (C=O) groups excluding carboxylic acids is 1. The van der Waals surface area contributed by atoms with Crippen molar-refractivity contribution < 1.29 is 18.7 Å². The van der Waals surface area contributed by atoms with Gasteiger partial charge >= 0.3 is 5.97 Å². The van der Waals surface area contributed by atoms with Crippen molar-refractivity contribution in [2.75, 3.05) is 13.7 Å². The molecule has 0 bridgehead atoms. The van der Waals surface area contributed by atoms with E-state index in [4.69, 9.17) is 0 Å². The average Bonchev–Trinajstić information content (AvgIpc) is 2.00. The second-order valence-corrected chi connectivity index (χ2v) is 2.67. The van der Waals surface area contributed by atoms with Crippen LogP contribution in [0.5, 0.6) is 0 Å². The molecule has 1 unspecified atom stereocenters. The average molecular weight is 178 g/mol. The van der Waals surface area contributed by atoms with Gasteiger partial charge in [0, 0.05) is 26.9 Å². The smallest absolute Gasteiger partial charge is 0.308 e. The number of ether oxygens (including phenoxy) is 2. The van der Waals surface area contributed by atoms with Gasteiger partial charge in [-0.3, -0.25) is 4.79 Å². The van der Waals surface area contributed by atoms with Gasteiger partial charge in [-0.05, 0) is 0 Å². The fourth-order valence-corrected chi connectivity index (χ4v) is 0.645. The van der Waals surface area contributed by atoms with Crippen LogP contribution in [0.3, 0.4) is 0 Å². The lowest BCUT2D eigenvalue weighted by Crippen LogP contribution is -2.27. The van der Waals surface area contributed by atoms with Crippen LogP contribution in [-0.2, 0) is 14.3 Å². The Labute approximate surface area is 71.8 Å². The van der Waals surface area contributed by atoms with Crippen LogP contribution in [0.1, 0.15) is 26.7 Å². The van der Waals surface area contributed by atoms with E-state index in [0.717, 1.165) is 0 Å². The van der Waals surface area contributed by atoms with E-state index in [-0.39, 0.29) is 19.4 Å². The SMILES string of the molecule is CCC(=O)OC(C)(F)CCOC. The number of hydrogen-bond acceptors (Lipinski definition) is 3. The van der Waals surface area contributed by atoms with E-state index in [1.54, 1.807) is 6.92 Å². The van der Waals surface area contributed by atoms with Crippen molar-refractivity contribution in [1.29, 1.82) is 0 Å². The Morgan fingerprint density at radius 3 is 2.58 bits per heavy atom. The maximum atomic E-state index is 13.2. The van der Waals surface area contributed by atoms with Gasteiger partial charge in [-0.1, -0.05) is 6.92 Å². The van der Waals surface area contributed by atoms with Gasteiger partial charge in [0.1, 0.15) is 0 Å². The Morgan fingerprint density at radius 2 is 2.17 bits per heavy atom. The van der Waals surface area contributed by atoms with Crippen LogP contribution >= 0.6 is 0 Å². The maximum Gasteiger partial charge on any atom is 0.308 e. The molecule has 3 nitrogen and oxygen atoms in total. The third kappa shape index (κ3) is 5.07. The van der Waals surface area contributed by atoms with Gasteiger partial charge in [0.15, 0.2) is 0 Å². The zero-order chi connectivity index (χ0) is 9.61. The summed E-state index contributed by atoms with van der Waals surface area (Å²) in [6.45, 7) is 3.08. The monoisotopic (exact) mass is 178 g/mol. The molecule has 12 heavy (non-hydrogen) atoms. The standard InChI is InChI=1S/C8H15FO3/c1-4-7(10)12-8(2,9)5-6-11-3/h4-6H2,1-3H3. The second kappa shape index (κ2) is 5.09. The summed E-state index contributed by atoms with van der Waals surface area (Å²) in [6.07, 6.45) is 0.252. The number of rotatable bonds is 5. The molecule has 0 amide bonds. The van der Waals surface area contributed by atoms with E-state index < -0.39 is 11.8 Å². The number of esters is 1. The van der Waals surface area contributed by atoms with Crippen molar-refractivity contribution in [3.8, 4) is 0 Å². The molecule has 0 saturated heterocycles. The van der Waals surface area contributed by atoms with E-state index in [9.17, 15) is 9.18 Å². The molecule has 1 atom stereocenters. The first-order valence-corrected chi connectivity index (χ1v) is 3.91. The van der Waals surface area contributed by atoms with Crippen LogP contribution < -0.4 is 0 Å². The number of halogens is 1. The molecule has 0 aromatic rings. The predicted octanol–water partition coefficient (Wildman–Crippen LogP) is 1.66. The number of alkyl halides is 1. The van der Waals surface area contributed by atoms with Gasteiger partial charge in [-0.25, -0.2) is 0 Å². The third-order valence-electron chi connectivity index (χ3n) is 1.37. The molecule has 0 heterocycles. The molecule has 0 saturated carbocycles. The summed E-state index contributed by atoms with van der Waals surface area (Å²) >= 11 is 0. The molecule has 0 aliphatic rings. The largest absolute Gasteiger partial charge is 0.429 e. The summed E-state index contributed by atoms with van der Waals surface area (Å²) in [5, 5.41) is 0. The van der Waals surface area contributed by atoms with Crippen molar-refractivity contribution >= 4 is 5.97 Å². The highest BCUT2D eigenvalue weighted by atomic mass is 19.2. The predicted molar refractivity (Wildman–Crippen MR) is 42.4 cm³/mol. The lowest BCUT2D eigenvalue weighted by Gasteiger charge is -2.19. The number of methoxy groups -OCH3 is 1. The minimum absolute atomic E-state index is 0.0647. The van der Waals surface area contributed by atoms with E-state index >= 15 is 0 Å². The van der Waals surface area contributed by atoms with Crippen LogP contribution in [0.4, 0.5) is 4.39 Å². The van der Waals surface area contributed by atoms with Crippen molar-refractivity contribution in [3.05, 3.63) is 0 Å². The van der Waals surface area contributed by atoms with Crippen molar-refractivity contribution in [2.24, 2.45) is 0 Å². The molecule has 0 rings (SSSR count). The highest BCUT2D eigenvalue weighted by molar-refractivity contribution is 5.69. The Morgan fingerprint density at radius 1 is 1.58 bits per heavy atom. The molecule has 0 aliphatic heterocycles. The highest BCUT2D eigenvalue weighted by Crippen LogP contribution is 2.17. The Bertz CT molecular complexity index is 145. The molecule has 0 aromatic heterocycles. The topological polar surface area (TPSA) is 35.5 Å². The van der Waals surface area contributed by atoms with Crippen LogP contribution in [0.2, 0.25) is 0 Å². The first-order valence-electron chi connectivity index (χ1n) is 3.91. The van der Waals surface area contributed by atoms with Crippen LogP contribution in [0, 0.1) is 0 Å². The van der Waals surface area contributed by atoms with Gasteiger partial charge in [0.25, 0.3) is 5.85 Å².